The predicted molar refractivity (Wildman–Crippen MR) is 146 cm³/mol. The number of aliphatic hydroxyl groups is 1. The summed E-state index contributed by atoms with van der Waals surface area (Å²) in [5, 5.41) is 22.4. The van der Waals surface area contributed by atoms with E-state index in [0.717, 1.165) is 22.2 Å². The van der Waals surface area contributed by atoms with Crippen LogP contribution in [-0.2, 0) is 16.6 Å². The van der Waals surface area contributed by atoms with Crippen LogP contribution in [0.15, 0.2) is 109 Å². The summed E-state index contributed by atoms with van der Waals surface area (Å²) in [6.45, 7) is 0. The van der Waals surface area contributed by atoms with Gasteiger partial charge in [-0.15, -0.1) is 16.9 Å². The number of amides is 1. The highest BCUT2D eigenvalue weighted by Gasteiger charge is 2.50. The summed E-state index contributed by atoms with van der Waals surface area (Å²) < 4.78 is 1.09. The third kappa shape index (κ3) is 4.00. The topological polar surface area (TPSA) is 80.0 Å². The number of nitrogens with zero attached hydrogens (tertiary/aromatic N) is 3. The van der Waals surface area contributed by atoms with Gasteiger partial charge in [-0.25, -0.2) is 4.68 Å². The summed E-state index contributed by atoms with van der Waals surface area (Å²) in [6, 6.07) is 36.6. The molecule has 2 heterocycles. The maximum absolute atomic E-state index is 12.9. The number of nitrogens with one attached hydrogen (secondary N) is 1. The van der Waals surface area contributed by atoms with Crippen molar-refractivity contribution in [2.45, 2.75) is 16.2 Å². The van der Waals surface area contributed by atoms with Crippen LogP contribution in [0, 0.1) is 5.92 Å². The number of hydrogen-bond donors (Lipinski definition) is 2. The van der Waals surface area contributed by atoms with Crippen molar-refractivity contribution in [3.8, 4) is 0 Å². The molecule has 0 radical (unpaired) electrons. The summed E-state index contributed by atoms with van der Waals surface area (Å²) in [7, 11) is 1.83. The highest BCUT2D eigenvalue weighted by atomic mass is 32.2. The first kappa shape index (κ1) is 23.5. The Labute approximate surface area is 219 Å². The summed E-state index contributed by atoms with van der Waals surface area (Å²) in [6.07, 6.45) is -0.974. The zero-order valence-electron chi connectivity index (χ0n) is 20.2. The number of aryl methyl sites for hydroxylation is 1. The smallest absolute Gasteiger partial charge is 0.229 e. The van der Waals surface area contributed by atoms with E-state index < -0.39 is 16.8 Å². The molecule has 184 valence electrons. The van der Waals surface area contributed by atoms with Crippen molar-refractivity contribution in [2.75, 3.05) is 0 Å². The molecule has 1 aliphatic rings. The van der Waals surface area contributed by atoms with Gasteiger partial charge in [0.15, 0.2) is 0 Å². The molecule has 0 spiro atoms. The number of aliphatic hydroxyl groups excluding tert-OH is 1. The Balaban J connectivity index is 1.43. The van der Waals surface area contributed by atoms with Gasteiger partial charge in [0, 0.05) is 7.05 Å². The highest BCUT2D eigenvalue weighted by Crippen LogP contribution is 2.53. The molecule has 5 aromatic rings. The van der Waals surface area contributed by atoms with E-state index in [0.29, 0.717) is 11.1 Å². The molecule has 3 unspecified atom stereocenters. The largest absolute Gasteiger partial charge is 0.387 e. The van der Waals surface area contributed by atoms with Crippen LogP contribution in [0.1, 0.15) is 28.4 Å². The van der Waals surface area contributed by atoms with E-state index in [4.69, 9.17) is 0 Å². The monoisotopic (exact) mass is 506 g/mol. The van der Waals surface area contributed by atoms with Crippen LogP contribution in [0.25, 0.3) is 11.0 Å². The van der Waals surface area contributed by atoms with Crippen LogP contribution in [0.4, 0.5) is 0 Å². The number of carbonyl (C=O) groups excluding carboxylic acids is 1. The number of fused-ring (bicyclic) bond motifs is 1. The molecule has 37 heavy (non-hydrogen) atoms. The van der Waals surface area contributed by atoms with E-state index in [2.05, 4.69) is 52.0 Å². The van der Waals surface area contributed by atoms with Gasteiger partial charge in [0.1, 0.15) is 5.52 Å². The van der Waals surface area contributed by atoms with Crippen molar-refractivity contribution >= 4 is 28.7 Å². The second-order valence-corrected chi connectivity index (χ2v) is 10.6. The van der Waals surface area contributed by atoms with Gasteiger partial charge < -0.3 is 10.4 Å². The van der Waals surface area contributed by atoms with E-state index in [-0.39, 0.29) is 11.3 Å². The molecular formula is C30H26N4O2S. The molecule has 1 amide bonds. The molecule has 2 N–H and O–H groups in total. The molecular weight excluding hydrogens is 480 g/mol. The Morgan fingerprint density at radius 3 is 1.92 bits per heavy atom. The lowest BCUT2D eigenvalue weighted by molar-refractivity contribution is -0.137. The molecule has 0 bridgehead atoms. The normalized spacial score (nSPS) is 18.3. The molecule has 1 aliphatic heterocycles. The minimum absolute atomic E-state index is 0.160. The van der Waals surface area contributed by atoms with Gasteiger partial charge in [0.05, 0.1) is 27.7 Å². The second kappa shape index (κ2) is 9.50. The first-order valence-electron chi connectivity index (χ1n) is 12.2. The van der Waals surface area contributed by atoms with Crippen molar-refractivity contribution in [1.29, 1.82) is 0 Å². The van der Waals surface area contributed by atoms with Gasteiger partial charge in [-0.1, -0.05) is 102 Å². The number of β-lactam (4-membered cyclic amide) rings is 1. The second-order valence-electron chi connectivity index (χ2n) is 9.26. The molecule has 0 saturated carbocycles. The zero-order chi connectivity index (χ0) is 25.4. The van der Waals surface area contributed by atoms with Crippen LogP contribution in [-0.4, -0.2) is 31.4 Å². The Bertz CT molecular complexity index is 1440. The van der Waals surface area contributed by atoms with Crippen LogP contribution < -0.4 is 5.32 Å². The predicted octanol–water partition coefficient (Wildman–Crippen LogP) is 4.80. The van der Waals surface area contributed by atoms with E-state index in [9.17, 15) is 9.90 Å². The van der Waals surface area contributed by atoms with Gasteiger partial charge in [0.25, 0.3) is 0 Å². The third-order valence-electron chi connectivity index (χ3n) is 7.07. The first-order valence-corrected chi connectivity index (χ1v) is 13.1. The third-order valence-corrected chi connectivity index (χ3v) is 8.80. The van der Waals surface area contributed by atoms with Crippen LogP contribution in [0.2, 0.25) is 0 Å². The molecule has 4 aromatic carbocycles. The fourth-order valence-corrected chi connectivity index (χ4v) is 6.93. The minimum Gasteiger partial charge on any atom is -0.387 e. The van der Waals surface area contributed by atoms with Crippen LogP contribution in [0.5, 0.6) is 0 Å². The lowest BCUT2D eigenvalue weighted by atomic mass is 9.84. The molecule has 6 nitrogen and oxygen atoms in total. The average Bonchev–Trinajstić information content (AvgIpc) is 3.32. The summed E-state index contributed by atoms with van der Waals surface area (Å²) in [5.41, 5.74) is 5.53. The Kier molecular flexibility index (Phi) is 6.02. The number of aromatic nitrogens is 3. The summed E-state index contributed by atoms with van der Waals surface area (Å²) >= 11 is 1.66. The van der Waals surface area contributed by atoms with Crippen molar-refractivity contribution in [3.05, 3.63) is 131 Å². The van der Waals surface area contributed by atoms with Gasteiger partial charge in [-0.05, 0) is 34.4 Å². The highest BCUT2D eigenvalue weighted by molar-refractivity contribution is 8.01. The average molecular weight is 507 g/mol. The number of carbonyl (C=O) groups is 1. The molecule has 3 atom stereocenters. The molecule has 6 rings (SSSR count). The molecule has 7 heteroatoms. The number of thioether (sulfide) groups is 1. The molecule has 0 aliphatic carbocycles. The summed E-state index contributed by atoms with van der Waals surface area (Å²) in [4.78, 5) is 12.9. The Morgan fingerprint density at radius 2 is 1.41 bits per heavy atom. The van der Waals surface area contributed by atoms with E-state index in [1.165, 1.54) is 0 Å². The van der Waals surface area contributed by atoms with Gasteiger partial charge >= 0.3 is 0 Å². The standard InChI is InChI=1S/C30H26N4O2S/c1-34-25-18-17-20(19-24(25)32-33-34)27(35)26-28(36)31-29(26)37-30(21-11-5-2-6-12-21,22-13-7-3-8-14-22)23-15-9-4-10-16-23/h2-19,26-27,29,35H,1H3,(H,31,36). The maximum atomic E-state index is 12.9. The quantitative estimate of drug-likeness (QED) is 0.245. The minimum atomic E-state index is -0.974. The lowest BCUT2D eigenvalue weighted by Crippen LogP contribution is -2.59. The lowest BCUT2D eigenvalue weighted by Gasteiger charge is -2.45. The maximum Gasteiger partial charge on any atom is 0.229 e. The molecule has 1 aromatic heterocycles. The molecule has 1 saturated heterocycles. The van der Waals surface area contributed by atoms with Crippen LogP contribution in [0.3, 0.4) is 0 Å². The number of rotatable bonds is 7. The SMILES string of the molecule is Cn1nnc2cc(C(O)C3C(=O)NC3SC(c3ccccc3)(c3ccccc3)c3ccccc3)ccc21. The van der Waals surface area contributed by atoms with Gasteiger partial charge in [-0.3, -0.25) is 4.79 Å². The van der Waals surface area contributed by atoms with Crippen molar-refractivity contribution < 1.29 is 9.90 Å². The Morgan fingerprint density at radius 1 is 0.865 bits per heavy atom. The zero-order valence-corrected chi connectivity index (χ0v) is 21.0. The summed E-state index contributed by atoms with van der Waals surface area (Å²) in [5.74, 6) is -0.776. The van der Waals surface area contributed by atoms with Gasteiger partial charge in [0.2, 0.25) is 5.91 Å². The number of benzene rings is 4. The van der Waals surface area contributed by atoms with Crippen molar-refractivity contribution in [1.82, 2.24) is 20.3 Å². The van der Waals surface area contributed by atoms with E-state index >= 15 is 0 Å². The Hall–Kier alpha value is -3.94. The van der Waals surface area contributed by atoms with Crippen molar-refractivity contribution in [3.63, 3.8) is 0 Å². The first-order chi connectivity index (χ1) is 18.1. The van der Waals surface area contributed by atoms with Crippen molar-refractivity contribution in [2.24, 2.45) is 13.0 Å². The van der Waals surface area contributed by atoms with Crippen LogP contribution >= 0.6 is 11.8 Å². The van der Waals surface area contributed by atoms with E-state index in [1.807, 2.05) is 79.8 Å². The molecule has 1 fully saturated rings. The number of hydrogen-bond acceptors (Lipinski definition) is 5. The van der Waals surface area contributed by atoms with Gasteiger partial charge in [-0.2, -0.15) is 0 Å². The fraction of sp³-hybridized carbons (Fsp3) is 0.167. The fourth-order valence-electron chi connectivity index (χ4n) is 5.14. The van der Waals surface area contributed by atoms with E-state index in [1.54, 1.807) is 16.4 Å².